The Balaban J connectivity index is 1.74. The molecule has 1 aromatic carbocycles. The molecule has 154 valence electrons. The summed E-state index contributed by atoms with van der Waals surface area (Å²) in [7, 11) is 3.16. The van der Waals surface area contributed by atoms with Crippen LogP contribution in [-0.4, -0.2) is 35.3 Å². The van der Waals surface area contributed by atoms with Gasteiger partial charge in [-0.15, -0.1) is 11.3 Å². The molecule has 1 N–H and O–H groups in total. The van der Waals surface area contributed by atoms with Gasteiger partial charge in [0.25, 0.3) is 5.91 Å². The number of hydrogen-bond acceptors (Lipinski definition) is 8. The zero-order valence-corrected chi connectivity index (χ0v) is 18.1. The minimum atomic E-state index is -0.238. The SMILES string of the molecule is COc1ccc(-c2nc(C)c(C(=O)NCc3noc(C(C)(C)C)n3)s2)cc1OC. The van der Waals surface area contributed by atoms with Crippen molar-refractivity contribution in [3.63, 3.8) is 0 Å². The number of aryl methyl sites for hydroxylation is 1. The topological polar surface area (TPSA) is 99.4 Å². The van der Waals surface area contributed by atoms with Gasteiger partial charge < -0.3 is 19.3 Å². The van der Waals surface area contributed by atoms with E-state index in [-0.39, 0.29) is 17.9 Å². The Bertz CT molecular complexity index is 1020. The summed E-state index contributed by atoms with van der Waals surface area (Å²) in [5, 5.41) is 7.47. The Morgan fingerprint density at radius 3 is 2.52 bits per heavy atom. The van der Waals surface area contributed by atoms with Crippen molar-refractivity contribution in [3.8, 4) is 22.1 Å². The highest BCUT2D eigenvalue weighted by Crippen LogP contribution is 2.35. The molecule has 0 spiro atoms. The van der Waals surface area contributed by atoms with Gasteiger partial charge in [0, 0.05) is 11.0 Å². The van der Waals surface area contributed by atoms with E-state index in [0.29, 0.717) is 33.8 Å². The van der Waals surface area contributed by atoms with Crippen LogP contribution in [0.4, 0.5) is 0 Å². The molecule has 3 rings (SSSR count). The molecule has 0 aliphatic heterocycles. The fraction of sp³-hybridized carbons (Fsp3) is 0.400. The molecule has 0 atom stereocenters. The van der Waals surface area contributed by atoms with E-state index < -0.39 is 0 Å². The molecule has 3 aromatic rings. The third-order valence-electron chi connectivity index (χ3n) is 4.15. The molecule has 0 aliphatic carbocycles. The van der Waals surface area contributed by atoms with Crippen LogP contribution in [0, 0.1) is 6.92 Å². The summed E-state index contributed by atoms with van der Waals surface area (Å²) in [6, 6.07) is 5.54. The minimum Gasteiger partial charge on any atom is -0.493 e. The maximum Gasteiger partial charge on any atom is 0.263 e. The quantitative estimate of drug-likeness (QED) is 0.653. The monoisotopic (exact) mass is 416 g/mol. The van der Waals surface area contributed by atoms with Gasteiger partial charge in [0.05, 0.1) is 26.5 Å². The molecular formula is C20H24N4O4S. The Kier molecular flexibility index (Phi) is 5.88. The van der Waals surface area contributed by atoms with Gasteiger partial charge in [-0.2, -0.15) is 4.98 Å². The summed E-state index contributed by atoms with van der Waals surface area (Å²) in [5.74, 6) is 1.98. The number of ether oxygens (including phenoxy) is 2. The first-order chi connectivity index (χ1) is 13.7. The maximum absolute atomic E-state index is 12.6. The van der Waals surface area contributed by atoms with Crippen LogP contribution in [0.15, 0.2) is 22.7 Å². The molecule has 2 aromatic heterocycles. The Labute approximate surface area is 173 Å². The lowest BCUT2D eigenvalue weighted by atomic mass is 9.97. The number of thiazole rings is 1. The van der Waals surface area contributed by atoms with Gasteiger partial charge in [-0.25, -0.2) is 4.98 Å². The highest BCUT2D eigenvalue weighted by molar-refractivity contribution is 7.17. The average Bonchev–Trinajstić information content (AvgIpc) is 3.32. The largest absolute Gasteiger partial charge is 0.493 e. The maximum atomic E-state index is 12.6. The van der Waals surface area contributed by atoms with Gasteiger partial charge in [-0.1, -0.05) is 25.9 Å². The van der Waals surface area contributed by atoms with Crippen LogP contribution in [0.2, 0.25) is 0 Å². The number of methoxy groups -OCH3 is 2. The molecule has 0 radical (unpaired) electrons. The van der Waals surface area contributed by atoms with Crippen molar-refractivity contribution >= 4 is 17.2 Å². The third kappa shape index (κ3) is 4.56. The molecular weight excluding hydrogens is 392 g/mol. The van der Waals surface area contributed by atoms with Gasteiger partial charge in [-0.05, 0) is 25.1 Å². The molecule has 0 aliphatic rings. The zero-order chi connectivity index (χ0) is 21.2. The first-order valence-corrected chi connectivity index (χ1v) is 9.85. The lowest BCUT2D eigenvalue weighted by Crippen LogP contribution is -2.23. The van der Waals surface area contributed by atoms with Crippen molar-refractivity contribution in [2.45, 2.75) is 39.7 Å². The lowest BCUT2D eigenvalue weighted by Gasteiger charge is -2.10. The summed E-state index contributed by atoms with van der Waals surface area (Å²) in [5.41, 5.74) is 1.27. The summed E-state index contributed by atoms with van der Waals surface area (Å²) < 4.78 is 15.9. The van der Waals surface area contributed by atoms with Crippen LogP contribution >= 0.6 is 11.3 Å². The fourth-order valence-electron chi connectivity index (χ4n) is 2.57. The number of benzene rings is 1. The second-order valence-corrected chi connectivity index (χ2v) is 8.45. The second kappa shape index (κ2) is 8.20. The Morgan fingerprint density at radius 1 is 1.17 bits per heavy atom. The molecule has 29 heavy (non-hydrogen) atoms. The van der Waals surface area contributed by atoms with Crippen LogP contribution in [0.25, 0.3) is 10.6 Å². The molecule has 0 saturated heterocycles. The van der Waals surface area contributed by atoms with Crippen LogP contribution in [0.5, 0.6) is 11.5 Å². The number of rotatable bonds is 6. The number of hydrogen-bond donors (Lipinski definition) is 1. The van der Waals surface area contributed by atoms with Gasteiger partial charge >= 0.3 is 0 Å². The summed E-state index contributed by atoms with van der Waals surface area (Å²) in [4.78, 5) is 22.0. The van der Waals surface area contributed by atoms with Crippen molar-refractivity contribution in [2.75, 3.05) is 14.2 Å². The normalized spacial score (nSPS) is 11.4. The third-order valence-corrected chi connectivity index (χ3v) is 5.36. The first-order valence-electron chi connectivity index (χ1n) is 9.04. The fourth-order valence-corrected chi connectivity index (χ4v) is 3.55. The second-order valence-electron chi connectivity index (χ2n) is 7.45. The predicted octanol–water partition coefficient (Wildman–Crippen LogP) is 3.75. The molecule has 0 bridgehead atoms. The van der Waals surface area contributed by atoms with E-state index in [1.807, 2.05) is 45.9 Å². The van der Waals surface area contributed by atoms with Crippen LogP contribution in [-0.2, 0) is 12.0 Å². The first kappa shape index (κ1) is 20.8. The number of amides is 1. The molecule has 0 saturated carbocycles. The molecule has 0 fully saturated rings. The summed E-state index contributed by atoms with van der Waals surface area (Å²) >= 11 is 1.31. The number of aromatic nitrogens is 3. The zero-order valence-electron chi connectivity index (χ0n) is 17.3. The summed E-state index contributed by atoms with van der Waals surface area (Å²) in [6.45, 7) is 7.95. The van der Waals surface area contributed by atoms with E-state index in [9.17, 15) is 4.79 Å². The van der Waals surface area contributed by atoms with Gasteiger partial charge in [-0.3, -0.25) is 4.79 Å². The van der Waals surface area contributed by atoms with Crippen molar-refractivity contribution in [1.29, 1.82) is 0 Å². The number of carbonyl (C=O) groups is 1. The van der Waals surface area contributed by atoms with E-state index >= 15 is 0 Å². The van der Waals surface area contributed by atoms with E-state index in [1.165, 1.54) is 11.3 Å². The number of carbonyl (C=O) groups excluding carboxylic acids is 1. The predicted molar refractivity (Wildman–Crippen MR) is 110 cm³/mol. The van der Waals surface area contributed by atoms with Crippen LogP contribution < -0.4 is 14.8 Å². The van der Waals surface area contributed by atoms with Crippen LogP contribution in [0.3, 0.4) is 0 Å². The van der Waals surface area contributed by atoms with Gasteiger partial charge in [0.2, 0.25) is 5.89 Å². The molecule has 2 heterocycles. The molecule has 8 nitrogen and oxygen atoms in total. The van der Waals surface area contributed by atoms with Crippen molar-refractivity contribution < 1.29 is 18.8 Å². The summed E-state index contributed by atoms with van der Waals surface area (Å²) in [6.07, 6.45) is 0. The standard InChI is InChI=1S/C20H24N4O4S/c1-11-16(17(25)21-10-15-23-19(28-24-15)20(2,3)4)29-18(22-11)12-7-8-13(26-5)14(9-12)27-6/h7-9H,10H2,1-6H3,(H,21,25). The van der Waals surface area contributed by atoms with E-state index in [2.05, 4.69) is 20.4 Å². The van der Waals surface area contributed by atoms with E-state index in [1.54, 1.807) is 14.2 Å². The van der Waals surface area contributed by atoms with Gasteiger partial charge in [0.15, 0.2) is 17.3 Å². The van der Waals surface area contributed by atoms with E-state index in [0.717, 1.165) is 10.6 Å². The van der Waals surface area contributed by atoms with Crippen LogP contribution in [0.1, 0.15) is 47.9 Å². The van der Waals surface area contributed by atoms with Gasteiger partial charge in [0.1, 0.15) is 9.88 Å². The molecule has 0 unspecified atom stereocenters. The lowest BCUT2D eigenvalue weighted by molar-refractivity contribution is 0.0953. The smallest absolute Gasteiger partial charge is 0.263 e. The molecule has 1 amide bonds. The number of nitrogens with zero attached hydrogens (tertiary/aromatic N) is 3. The van der Waals surface area contributed by atoms with E-state index in [4.69, 9.17) is 14.0 Å². The minimum absolute atomic E-state index is 0.182. The van der Waals surface area contributed by atoms with Crippen molar-refractivity contribution in [2.24, 2.45) is 0 Å². The highest BCUT2D eigenvalue weighted by Gasteiger charge is 2.22. The van der Waals surface area contributed by atoms with Crippen molar-refractivity contribution in [3.05, 3.63) is 40.5 Å². The average molecular weight is 417 g/mol. The van der Waals surface area contributed by atoms with Crippen molar-refractivity contribution in [1.82, 2.24) is 20.4 Å². The molecule has 9 heteroatoms. The Morgan fingerprint density at radius 2 is 1.90 bits per heavy atom. The Hall–Kier alpha value is -2.94. The number of nitrogens with one attached hydrogen (secondary N) is 1. The highest BCUT2D eigenvalue weighted by atomic mass is 32.1.